The molecular formula is C13H18FN5. The van der Waals surface area contributed by atoms with E-state index in [0.29, 0.717) is 5.96 Å². The maximum atomic E-state index is 13.4. The van der Waals surface area contributed by atoms with Gasteiger partial charge >= 0.3 is 0 Å². The quantitative estimate of drug-likeness (QED) is 0.596. The van der Waals surface area contributed by atoms with Crippen LogP contribution < -0.4 is 11.5 Å². The molecule has 0 amide bonds. The van der Waals surface area contributed by atoms with Crippen LogP contribution in [0, 0.1) is 5.82 Å². The predicted octanol–water partition coefficient (Wildman–Crippen LogP) is 1.57. The first-order valence-electron chi connectivity index (χ1n) is 6.34. The highest BCUT2D eigenvalue weighted by Crippen LogP contribution is 2.16. The monoisotopic (exact) mass is 263 g/mol. The number of nitrogens with zero attached hydrogens (tertiary/aromatic N) is 3. The van der Waals surface area contributed by atoms with Crippen molar-refractivity contribution in [1.29, 1.82) is 0 Å². The standard InChI is InChI=1S/C13H18FN5/c14-10-6-2-3-7-11(10)17-12(15)18-13(16)19-8-4-1-5-9-19/h2-3,6-7H,1,4-5,8-9H2,(H4,15,16,17,18). The number of halogens is 1. The van der Waals surface area contributed by atoms with E-state index in [1.807, 2.05) is 4.90 Å². The van der Waals surface area contributed by atoms with E-state index in [4.69, 9.17) is 11.5 Å². The van der Waals surface area contributed by atoms with Crippen LogP contribution in [0.15, 0.2) is 34.3 Å². The van der Waals surface area contributed by atoms with Crippen molar-refractivity contribution in [2.24, 2.45) is 21.5 Å². The van der Waals surface area contributed by atoms with Gasteiger partial charge in [0.05, 0.1) is 0 Å². The van der Waals surface area contributed by atoms with Crippen LogP contribution in [0.4, 0.5) is 10.1 Å². The zero-order chi connectivity index (χ0) is 13.7. The van der Waals surface area contributed by atoms with Gasteiger partial charge in [0.1, 0.15) is 11.5 Å². The average Bonchev–Trinajstić information content (AvgIpc) is 2.42. The maximum Gasteiger partial charge on any atom is 0.223 e. The highest BCUT2D eigenvalue weighted by molar-refractivity contribution is 5.94. The molecule has 19 heavy (non-hydrogen) atoms. The fourth-order valence-corrected chi connectivity index (χ4v) is 2.00. The smallest absolute Gasteiger partial charge is 0.223 e. The summed E-state index contributed by atoms with van der Waals surface area (Å²) >= 11 is 0. The highest BCUT2D eigenvalue weighted by Gasteiger charge is 2.12. The number of nitrogens with two attached hydrogens (primary N) is 2. The van der Waals surface area contributed by atoms with Gasteiger partial charge in [0.15, 0.2) is 5.96 Å². The van der Waals surface area contributed by atoms with Crippen molar-refractivity contribution >= 4 is 17.6 Å². The predicted molar refractivity (Wildman–Crippen MR) is 74.7 cm³/mol. The topological polar surface area (TPSA) is 80.0 Å². The number of guanidine groups is 2. The van der Waals surface area contributed by atoms with Crippen LogP contribution in [0.5, 0.6) is 0 Å². The molecule has 1 aliphatic heterocycles. The Balaban J connectivity index is 2.10. The molecule has 1 fully saturated rings. The minimum atomic E-state index is -0.433. The first kappa shape index (κ1) is 13.3. The van der Waals surface area contributed by atoms with E-state index in [2.05, 4.69) is 9.98 Å². The lowest BCUT2D eigenvalue weighted by molar-refractivity contribution is 0.339. The molecule has 0 radical (unpaired) electrons. The molecule has 0 saturated carbocycles. The fourth-order valence-electron chi connectivity index (χ4n) is 2.00. The van der Waals surface area contributed by atoms with Gasteiger partial charge in [0, 0.05) is 13.1 Å². The molecule has 2 rings (SSSR count). The molecule has 0 aromatic heterocycles. The summed E-state index contributed by atoms with van der Waals surface area (Å²) in [5, 5.41) is 0. The molecule has 6 heteroatoms. The number of aliphatic imine (C=N–C) groups is 2. The summed E-state index contributed by atoms with van der Waals surface area (Å²) in [4.78, 5) is 9.90. The zero-order valence-electron chi connectivity index (χ0n) is 10.7. The summed E-state index contributed by atoms with van der Waals surface area (Å²) in [5.74, 6) is -0.123. The van der Waals surface area contributed by atoms with Crippen LogP contribution in [-0.2, 0) is 0 Å². The highest BCUT2D eigenvalue weighted by atomic mass is 19.1. The van der Waals surface area contributed by atoms with Crippen molar-refractivity contribution < 1.29 is 4.39 Å². The third-order valence-corrected chi connectivity index (χ3v) is 3.00. The molecule has 102 valence electrons. The Morgan fingerprint density at radius 2 is 1.79 bits per heavy atom. The van der Waals surface area contributed by atoms with Crippen LogP contribution in [0.25, 0.3) is 0 Å². The Hall–Kier alpha value is -2.11. The number of benzene rings is 1. The molecule has 1 aromatic rings. The van der Waals surface area contributed by atoms with Crippen molar-refractivity contribution in [2.75, 3.05) is 13.1 Å². The zero-order valence-corrected chi connectivity index (χ0v) is 10.7. The molecule has 1 saturated heterocycles. The molecule has 0 atom stereocenters. The fraction of sp³-hybridized carbons (Fsp3) is 0.385. The Labute approximate surface area is 111 Å². The van der Waals surface area contributed by atoms with Gasteiger partial charge in [-0.3, -0.25) is 0 Å². The van der Waals surface area contributed by atoms with Crippen LogP contribution >= 0.6 is 0 Å². The first-order chi connectivity index (χ1) is 9.16. The molecule has 4 N–H and O–H groups in total. The van der Waals surface area contributed by atoms with Gasteiger partial charge in [0.25, 0.3) is 0 Å². The van der Waals surface area contributed by atoms with Gasteiger partial charge in [-0.05, 0) is 31.4 Å². The van der Waals surface area contributed by atoms with E-state index < -0.39 is 5.82 Å². The Morgan fingerprint density at radius 1 is 1.11 bits per heavy atom. The largest absolute Gasteiger partial charge is 0.369 e. The van der Waals surface area contributed by atoms with E-state index in [9.17, 15) is 4.39 Å². The summed E-state index contributed by atoms with van der Waals surface area (Å²) < 4.78 is 13.4. The number of likely N-dealkylation sites (tertiary alicyclic amines) is 1. The first-order valence-corrected chi connectivity index (χ1v) is 6.34. The van der Waals surface area contributed by atoms with Crippen molar-refractivity contribution in [3.63, 3.8) is 0 Å². The molecule has 1 aromatic carbocycles. The van der Waals surface area contributed by atoms with Crippen LogP contribution in [-0.4, -0.2) is 29.9 Å². The number of para-hydroxylation sites is 1. The van der Waals surface area contributed by atoms with E-state index in [0.717, 1.165) is 25.9 Å². The maximum absolute atomic E-state index is 13.4. The normalized spacial score (nSPS) is 17.6. The second-order valence-electron chi connectivity index (χ2n) is 4.44. The Morgan fingerprint density at radius 3 is 2.47 bits per heavy atom. The third kappa shape index (κ3) is 3.67. The summed E-state index contributed by atoms with van der Waals surface area (Å²) in [6.07, 6.45) is 3.41. The Kier molecular flexibility index (Phi) is 4.33. The van der Waals surface area contributed by atoms with E-state index in [-0.39, 0.29) is 11.6 Å². The SMILES string of the molecule is NC(=Nc1ccccc1F)N=C(N)N1CCCCC1. The van der Waals surface area contributed by atoms with Gasteiger partial charge < -0.3 is 16.4 Å². The molecule has 1 heterocycles. The summed E-state index contributed by atoms with van der Waals surface area (Å²) in [5.41, 5.74) is 11.7. The van der Waals surface area contributed by atoms with E-state index >= 15 is 0 Å². The summed E-state index contributed by atoms with van der Waals surface area (Å²) in [6, 6.07) is 6.14. The number of hydrogen-bond acceptors (Lipinski definition) is 1. The molecular weight excluding hydrogens is 245 g/mol. The average molecular weight is 263 g/mol. The van der Waals surface area contributed by atoms with E-state index in [1.54, 1.807) is 12.1 Å². The lowest BCUT2D eigenvalue weighted by Gasteiger charge is -2.27. The summed E-state index contributed by atoms with van der Waals surface area (Å²) in [6.45, 7) is 1.75. The van der Waals surface area contributed by atoms with E-state index in [1.165, 1.54) is 18.6 Å². The second-order valence-corrected chi connectivity index (χ2v) is 4.44. The van der Waals surface area contributed by atoms with Crippen LogP contribution in [0.1, 0.15) is 19.3 Å². The molecule has 1 aliphatic rings. The number of piperidine rings is 1. The second kappa shape index (κ2) is 6.17. The Bertz CT molecular complexity index is 492. The van der Waals surface area contributed by atoms with Crippen LogP contribution in [0.2, 0.25) is 0 Å². The molecule has 0 bridgehead atoms. The molecule has 5 nitrogen and oxygen atoms in total. The number of hydrogen-bond donors (Lipinski definition) is 2. The lowest BCUT2D eigenvalue weighted by atomic mass is 10.1. The van der Waals surface area contributed by atoms with Gasteiger partial charge in [-0.1, -0.05) is 12.1 Å². The number of rotatable bonds is 1. The van der Waals surface area contributed by atoms with Crippen molar-refractivity contribution in [1.82, 2.24) is 4.90 Å². The van der Waals surface area contributed by atoms with Gasteiger partial charge in [-0.2, -0.15) is 4.99 Å². The van der Waals surface area contributed by atoms with Crippen molar-refractivity contribution in [3.05, 3.63) is 30.1 Å². The van der Waals surface area contributed by atoms with Crippen molar-refractivity contribution in [2.45, 2.75) is 19.3 Å². The minimum Gasteiger partial charge on any atom is -0.369 e. The molecule has 0 aliphatic carbocycles. The van der Waals surface area contributed by atoms with Gasteiger partial charge in [-0.15, -0.1) is 0 Å². The van der Waals surface area contributed by atoms with Crippen molar-refractivity contribution in [3.8, 4) is 0 Å². The van der Waals surface area contributed by atoms with Crippen LogP contribution in [0.3, 0.4) is 0 Å². The summed E-state index contributed by atoms with van der Waals surface area (Å²) in [7, 11) is 0. The van der Waals surface area contributed by atoms with Gasteiger partial charge in [-0.25, -0.2) is 9.38 Å². The lowest BCUT2D eigenvalue weighted by Crippen LogP contribution is -2.41. The van der Waals surface area contributed by atoms with Gasteiger partial charge in [0.2, 0.25) is 5.96 Å². The molecule has 0 spiro atoms. The third-order valence-electron chi connectivity index (χ3n) is 3.00. The molecule has 0 unspecified atom stereocenters. The minimum absolute atomic E-state index is 0.0341.